The molecule has 2 saturated carbocycles. The van der Waals surface area contributed by atoms with E-state index in [1.807, 2.05) is 0 Å². The molecule has 0 radical (unpaired) electrons. The molecular weight excluding hydrogens is 266 g/mol. The zero-order valence-electron chi connectivity index (χ0n) is 13.0. The van der Waals surface area contributed by atoms with Gasteiger partial charge in [-0.25, -0.2) is 0 Å². The maximum Gasteiger partial charge on any atom is 0.231 e. The number of carbonyl (C=O) groups excluding carboxylic acids is 2. The minimum absolute atomic E-state index is 0.0538. The maximum atomic E-state index is 12.5. The largest absolute Gasteiger partial charge is 0.391 e. The standard InChI is InChI=1S/C17H27NO3/c1-12(19)15(14(20)8-7-13-5-4-6-13)18-11-17(16(18)21)9-2-3-10-17/h12-13,15,19H,2-11H2,1H3/t12-,15+/m1/s1. The molecule has 3 rings (SSSR count). The van der Waals surface area contributed by atoms with Crippen molar-refractivity contribution in [3.05, 3.63) is 0 Å². The summed E-state index contributed by atoms with van der Waals surface area (Å²) < 4.78 is 0. The third kappa shape index (κ3) is 2.63. The zero-order chi connectivity index (χ0) is 15.0. The summed E-state index contributed by atoms with van der Waals surface area (Å²) in [6.45, 7) is 2.31. The van der Waals surface area contributed by atoms with Crippen molar-refractivity contribution in [3.8, 4) is 0 Å². The Bertz CT molecular complexity index is 422. The molecule has 21 heavy (non-hydrogen) atoms. The Hall–Kier alpha value is -0.900. The van der Waals surface area contributed by atoms with Crippen LogP contribution in [0.2, 0.25) is 0 Å². The average molecular weight is 293 g/mol. The van der Waals surface area contributed by atoms with Crippen LogP contribution in [0.4, 0.5) is 0 Å². The van der Waals surface area contributed by atoms with E-state index in [1.54, 1.807) is 11.8 Å². The first kappa shape index (κ1) is 15.0. The van der Waals surface area contributed by atoms with Crippen LogP contribution in [0.1, 0.15) is 64.7 Å². The molecule has 3 fully saturated rings. The third-order valence-corrected chi connectivity index (χ3v) is 5.89. The molecule has 1 heterocycles. The van der Waals surface area contributed by atoms with E-state index in [9.17, 15) is 14.7 Å². The number of aliphatic hydroxyl groups excluding tert-OH is 1. The molecule has 0 aromatic heterocycles. The highest BCUT2D eigenvalue weighted by Crippen LogP contribution is 2.47. The summed E-state index contributed by atoms with van der Waals surface area (Å²) in [7, 11) is 0. The van der Waals surface area contributed by atoms with Gasteiger partial charge < -0.3 is 10.0 Å². The van der Waals surface area contributed by atoms with Crippen molar-refractivity contribution >= 4 is 11.7 Å². The number of rotatable bonds is 6. The van der Waals surface area contributed by atoms with Gasteiger partial charge in [-0.1, -0.05) is 32.1 Å². The molecule has 2 aliphatic carbocycles. The summed E-state index contributed by atoms with van der Waals surface area (Å²) in [5.74, 6) is 0.859. The Kier molecular flexibility index (Phi) is 4.08. The molecule has 1 saturated heterocycles. The van der Waals surface area contributed by atoms with Crippen molar-refractivity contribution < 1.29 is 14.7 Å². The second kappa shape index (κ2) is 5.71. The number of likely N-dealkylation sites (tertiary alicyclic amines) is 1. The van der Waals surface area contributed by atoms with E-state index in [-0.39, 0.29) is 17.1 Å². The highest BCUT2D eigenvalue weighted by Gasteiger charge is 2.56. The van der Waals surface area contributed by atoms with E-state index < -0.39 is 12.1 Å². The first-order chi connectivity index (χ1) is 10.0. The van der Waals surface area contributed by atoms with E-state index in [0.717, 1.165) is 32.1 Å². The molecule has 0 aromatic rings. The lowest BCUT2D eigenvalue weighted by atomic mass is 9.75. The smallest absolute Gasteiger partial charge is 0.231 e. The van der Waals surface area contributed by atoms with E-state index in [0.29, 0.717) is 18.9 Å². The van der Waals surface area contributed by atoms with Crippen molar-refractivity contribution in [1.82, 2.24) is 4.90 Å². The SMILES string of the molecule is C[C@@H](O)[C@@H](C(=O)CCC1CCC1)N1CC2(CCCC2)C1=O. The normalized spacial score (nSPS) is 27.3. The minimum Gasteiger partial charge on any atom is -0.391 e. The monoisotopic (exact) mass is 293 g/mol. The summed E-state index contributed by atoms with van der Waals surface area (Å²) in [5, 5.41) is 9.99. The molecule has 1 aliphatic heterocycles. The highest BCUT2D eigenvalue weighted by molar-refractivity contribution is 5.95. The number of hydrogen-bond donors (Lipinski definition) is 1. The fourth-order valence-corrected chi connectivity index (χ4v) is 4.31. The van der Waals surface area contributed by atoms with Crippen LogP contribution in [-0.2, 0) is 9.59 Å². The number of aliphatic hydroxyl groups is 1. The number of ketones is 1. The van der Waals surface area contributed by atoms with Gasteiger partial charge in [0.2, 0.25) is 5.91 Å². The second-order valence-electron chi connectivity index (χ2n) is 7.41. The number of hydrogen-bond acceptors (Lipinski definition) is 3. The molecule has 4 heteroatoms. The van der Waals surface area contributed by atoms with Crippen LogP contribution in [-0.4, -0.2) is 40.4 Å². The molecule has 0 bridgehead atoms. The molecule has 1 spiro atoms. The number of amides is 1. The lowest BCUT2D eigenvalue weighted by Gasteiger charge is -2.50. The molecule has 1 amide bonds. The van der Waals surface area contributed by atoms with Gasteiger partial charge in [0.25, 0.3) is 0 Å². The Labute approximate surface area is 126 Å². The average Bonchev–Trinajstić information content (AvgIpc) is 2.87. The van der Waals surface area contributed by atoms with Crippen LogP contribution in [0, 0.1) is 11.3 Å². The van der Waals surface area contributed by atoms with Crippen molar-refractivity contribution in [2.24, 2.45) is 11.3 Å². The van der Waals surface area contributed by atoms with Crippen molar-refractivity contribution in [2.45, 2.75) is 76.9 Å². The van der Waals surface area contributed by atoms with Gasteiger partial charge in [0.15, 0.2) is 5.78 Å². The minimum atomic E-state index is -0.762. The van der Waals surface area contributed by atoms with E-state index in [2.05, 4.69) is 0 Å². The van der Waals surface area contributed by atoms with E-state index in [1.165, 1.54) is 19.3 Å². The van der Waals surface area contributed by atoms with Crippen LogP contribution in [0.25, 0.3) is 0 Å². The van der Waals surface area contributed by atoms with Crippen molar-refractivity contribution in [3.63, 3.8) is 0 Å². The van der Waals surface area contributed by atoms with Crippen LogP contribution in [0.3, 0.4) is 0 Å². The number of Topliss-reactive ketones (excluding diaryl/α,β-unsaturated/α-hetero) is 1. The first-order valence-corrected chi connectivity index (χ1v) is 8.55. The Morgan fingerprint density at radius 3 is 2.48 bits per heavy atom. The quantitative estimate of drug-likeness (QED) is 0.764. The maximum absolute atomic E-state index is 12.5. The molecule has 2 atom stereocenters. The van der Waals surface area contributed by atoms with Crippen molar-refractivity contribution in [1.29, 1.82) is 0 Å². The van der Waals surface area contributed by atoms with Crippen LogP contribution in [0.15, 0.2) is 0 Å². The van der Waals surface area contributed by atoms with Crippen LogP contribution in [0.5, 0.6) is 0 Å². The van der Waals surface area contributed by atoms with Gasteiger partial charge in [-0.15, -0.1) is 0 Å². The van der Waals surface area contributed by atoms with Crippen molar-refractivity contribution in [2.75, 3.05) is 6.54 Å². The number of nitrogens with zero attached hydrogens (tertiary/aromatic N) is 1. The predicted octanol–water partition coefficient (Wildman–Crippen LogP) is 2.29. The van der Waals surface area contributed by atoms with Gasteiger partial charge >= 0.3 is 0 Å². The molecule has 118 valence electrons. The fraction of sp³-hybridized carbons (Fsp3) is 0.882. The number of β-lactam (4-membered cyclic amide) rings is 1. The van der Waals surface area contributed by atoms with Gasteiger partial charge in [0.05, 0.1) is 11.5 Å². The molecule has 0 aromatic carbocycles. The topological polar surface area (TPSA) is 57.6 Å². The molecular formula is C17H27NO3. The second-order valence-corrected chi connectivity index (χ2v) is 7.41. The zero-order valence-corrected chi connectivity index (χ0v) is 13.0. The van der Waals surface area contributed by atoms with E-state index >= 15 is 0 Å². The van der Waals surface area contributed by atoms with E-state index in [4.69, 9.17) is 0 Å². The number of carbonyl (C=O) groups is 2. The summed E-state index contributed by atoms with van der Waals surface area (Å²) >= 11 is 0. The lowest BCUT2D eigenvalue weighted by molar-refractivity contribution is -0.171. The first-order valence-electron chi connectivity index (χ1n) is 8.55. The highest BCUT2D eigenvalue weighted by atomic mass is 16.3. The lowest BCUT2D eigenvalue weighted by Crippen LogP contribution is -2.67. The Morgan fingerprint density at radius 1 is 1.33 bits per heavy atom. The third-order valence-electron chi connectivity index (χ3n) is 5.89. The molecule has 1 N–H and O–H groups in total. The summed E-state index contributed by atoms with van der Waals surface area (Å²) in [6.07, 6.45) is 8.59. The van der Waals surface area contributed by atoms with Crippen LogP contribution >= 0.6 is 0 Å². The molecule has 3 aliphatic rings. The fourth-order valence-electron chi connectivity index (χ4n) is 4.31. The predicted molar refractivity (Wildman–Crippen MR) is 79.7 cm³/mol. The Morgan fingerprint density at radius 2 is 2.00 bits per heavy atom. The molecule has 0 unspecified atom stereocenters. The Balaban J connectivity index is 1.59. The van der Waals surface area contributed by atoms with Gasteiger partial charge in [-0.2, -0.15) is 0 Å². The van der Waals surface area contributed by atoms with Gasteiger partial charge in [-0.3, -0.25) is 9.59 Å². The molecule has 4 nitrogen and oxygen atoms in total. The summed E-state index contributed by atoms with van der Waals surface area (Å²) in [6, 6.07) is -0.608. The summed E-state index contributed by atoms with van der Waals surface area (Å²) in [5.41, 5.74) is -0.179. The van der Waals surface area contributed by atoms with Gasteiger partial charge in [-0.05, 0) is 32.1 Å². The van der Waals surface area contributed by atoms with Crippen LogP contribution < -0.4 is 0 Å². The summed E-state index contributed by atoms with van der Waals surface area (Å²) in [4.78, 5) is 26.6. The van der Waals surface area contributed by atoms with Gasteiger partial charge in [0, 0.05) is 13.0 Å². The van der Waals surface area contributed by atoms with Gasteiger partial charge in [0.1, 0.15) is 6.04 Å².